The summed E-state index contributed by atoms with van der Waals surface area (Å²) in [4.78, 5) is 25.6. The van der Waals surface area contributed by atoms with Gasteiger partial charge in [0, 0.05) is 6.07 Å². The number of amides is 1. The lowest BCUT2D eigenvalue weighted by atomic mass is 9.79. The highest BCUT2D eigenvalue weighted by molar-refractivity contribution is 6.00. The molecule has 2 aromatic heterocycles. The number of rotatable bonds is 3. The molecule has 4 heterocycles. The normalized spacial score (nSPS) is 25.0. The average Bonchev–Trinajstić information content (AvgIpc) is 3.27. The molecule has 3 aliphatic rings. The van der Waals surface area contributed by atoms with Crippen molar-refractivity contribution in [1.29, 1.82) is 0 Å². The van der Waals surface area contributed by atoms with Gasteiger partial charge in [0.15, 0.2) is 11.3 Å². The summed E-state index contributed by atoms with van der Waals surface area (Å²) in [6, 6.07) is 3.08. The van der Waals surface area contributed by atoms with Crippen molar-refractivity contribution >= 4 is 17.5 Å². The second kappa shape index (κ2) is 7.61. The molecule has 1 aliphatic carbocycles. The van der Waals surface area contributed by atoms with Crippen molar-refractivity contribution in [3.63, 3.8) is 0 Å². The van der Waals surface area contributed by atoms with Crippen LogP contribution in [0, 0.1) is 6.92 Å². The smallest absolute Gasteiger partial charge is 0.254 e. The molecule has 1 saturated heterocycles. The van der Waals surface area contributed by atoms with Crippen LogP contribution in [0.1, 0.15) is 53.7 Å². The van der Waals surface area contributed by atoms with Gasteiger partial charge in [0.05, 0.1) is 42.2 Å². The molecule has 1 spiro atoms. The lowest BCUT2D eigenvalue weighted by Crippen LogP contribution is -2.43. The molecule has 164 valence electrons. The molecule has 2 aliphatic heterocycles. The van der Waals surface area contributed by atoms with Crippen molar-refractivity contribution in [2.45, 2.75) is 56.7 Å². The predicted octanol–water partition coefficient (Wildman–Crippen LogP) is 1.13. The lowest BCUT2D eigenvalue weighted by molar-refractivity contribution is 0.0892. The van der Waals surface area contributed by atoms with Crippen molar-refractivity contribution in [2.75, 3.05) is 18.5 Å². The summed E-state index contributed by atoms with van der Waals surface area (Å²) in [5.74, 6) is 0.712. The van der Waals surface area contributed by atoms with Gasteiger partial charge < -0.3 is 25.7 Å². The molecular formula is C21H26N6O4. The maximum Gasteiger partial charge on any atom is 0.254 e. The number of carbonyl (C=O) groups is 1. The van der Waals surface area contributed by atoms with Crippen LogP contribution in [0.25, 0.3) is 0 Å². The number of fused-ring (bicyclic) bond motifs is 2. The first-order valence-electron chi connectivity index (χ1n) is 10.6. The Morgan fingerprint density at radius 2 is 2.06 bits per heavy atom. The summed E-state index contributed by atoms with van der Waals surface area (Å²) in [5, 5.41) is 27.3. The van der Waals surface area contributed by atoms with Gasteiger partial charge in [-0.15, -0.1) is 0 Å². The van der Waals surface area contributed by atoms with E-state index in [1.807, 2.05) is 6.92 Å². The Bertz CT molecular complexity index is 1090. The number of pyridine rings is 1. The van der Waals surface area contributed by atoms with Crippen LogP contribution in [-0.2, 0) is 10.3 Å². The number of nitrogens with zero attached hydrogens (tertiary/aromatic N) is 4. The first kappa shape index (κ1) is 20.0. The van der Waals surface area contributed by atoms with E-state index in [1.54, 1.807) is 12.1 Å². The third-order valence-electron chi connectivity index (χ3n) is 6.41. The number of carbonyl (C=O) groups excluding carboxylic acids is 1. The summed E-state index contributed by atoms with van der Waals surface area (Å²) in [5.41, 5.74) is 1.63. The highest BCUT2D eigenvalue weighted by Gasteiger charge is 2.47. The average molecular weight is 426 g/mol. The molecule has 31 heavy (non-hydrogen) atoms. The summed E-state index contributed by atoms with van der Waals surface area (Å²) in [7, 11) is 0. The third kappa shape index (κ3) is 3.45. The number of hydrogen-bond donors (Lipinski definition) is 4. The van der Waals surface area contributed by atoms with E-state index in [2.05, 4.69) is 25.6 Å². The topological polar surface area (TPSA) is 134 Å². The van der Waals surface area contributed by atoms with Gasteiger partial charge >= 0.3 is 0 Å². The molecule has 0 radical (unpaired) electrons. The molecule has 2 atom stereocenters. The van der Waals surface area contributed by atoms with Gasteiger partial charge in [-0.25, -0.2) is 15.0 Å². The van der Waals surface area contributed by atoms with Gasteiger partial charge in [-0.2, -0.15) is 4.73 Å². The number of hydrogen-bond acceptors (Lipinski definition) is 8. The molecule has 1 saturated carbocycles. The Hall–Kier alpha value is -2.98. The maximum atomic E-state index is 12.7. The number of aliphatic hydroxyl groups is 1. The van der Waals surface area contributed by atoms with E-state index in [0.29, 0.717) is 35.0 Å². The fourth-order valence-electron chi connectivity index (χ4n) is 4.87. The van der Waals surface area contributed by atoms with Crippen molar-refractivity contribution in [1.82, 2.24) is 20.0 Å². The lowest BCUT2D eigenvalue weighted by Gasteiger charge is -2.34. The molecule has 10 nitrogen and oxygen atoms in total. The molecule has 1 amide bonds. The molecule has 10 heteroatoms. The quantitative estimate of drug-likeness (QED) is 0.541. The molecule has 0 unspecified atom stereocenters. The van der Waals surface area contributed by atoms with Gasteiger partial charge in [0.25, 0.3) is 5.91 Å². The van der Waals surface area contributed by atoms with Gasteiger partial charge in [0.1, 0.15) is 12.1 Å². The Kier molecular flexibility index (Phi) is 4.90. The van der Waals surface area contributed by atoms with Crippen LogP contribution in [0.2, 0.25) is 0 Å². The fraction of sp³-hybridized carbons (Fsp3) is 0.524. The second-order valence-electron chi connectivity index (χ2n) is 8.55. The zero-order chi connectivity index (χ0) is 21.6. The van der Waals surface area contributed by atoms with Crippen molar-refractivity contribution in [3.8, 4) is 0 Å². The van der Waals surface area contributed by atoms with E-state index < -0.39 is 11.6 Å². The number of anilines is 1. The number of aromatic nitrogens is 3. The van der Waals surface area contributed by atoms with Gasteiger partial charge in [0.2, 0.25) is 0 Å². The van der Waals surface area contributed by atoms with E-state index in [9.17, 15) is 15.1 Å². The van der Waals surface area contributed by atoms with Crippen LogP contribution in [-0.4, -0.2) is 56.3 Å². The fourth-order valence-corrected chi connectivity index (χ4v) is 4.87. The molecule has 4 N–H and O–H groups in total. The van der Waals surface area contributed by atoms with E-state index in [0.717, 1.165) is 42.4 Å². The Morgan fingerprint density at radius 3 is 2.81 bits per heavy atom. The molecule has 0 aromatic carbocycles. The van der Waals surface area contributed by atoms with Crippen LogP contribution in [0.15, 0.2) is 23.5 Å². The standard InChI is InChI=1S/C21H26N6O4/c1-12-7-17(25-16-8-15(22-11-23-16)24-13-9-31-10-14(13)28)27(30)19-18(12)20(29)26-21(19)5-3-2-4-6-21/h7-8,11,13-14,28,30H,2-6,9-10H2,1H3,(H,26,29)(H,22,23,24)/t13-,14-/m1/s1. The van der Waals surface area contributed by atoms with E-state index in [1.165, 1.54) is 6.33 Å². The van der Waals surface area contributed by atoms with E-state index in [4.69, 9.17) is 4.74 Å². The first-order valence-corrected chi connectivity index (χ1v) is 10.6. The molecule has 2 aromatic rings. The molecular weight excluding hydrogens is 400 g/mol. The highest BCUT2D eigenvalue weighted by atomic mass is 16.5. The van der Waals surface area contributed by atoms with Gasteiger partial charge in [-0.1, -0.05) is 19.3 Å². The second-order valence-corrected chi connectivity index (χ2v) is 8.55. The molecule has 0 bridgehead atoms. The third-order valence-corrected chi connectivity index (χ3v) is 6.41. The van der Waals surface area contributed by atoms with Crippen molar-refractivity contribution in [2.24, 2.45) is 4.99 Å². The van der Waals surface area contributed by atoms with Crippen LogP contribution in [0.4, 0.5) is 11.6 Å². The van der Waals surface area contributed by atoms with Crippen molar-refractivity contribution < 1.29 is 19.8 Å². The van der Waals surface area contributed by atoms with Crippen LogP contribution >= 0.6 is 0 Å². The number of nitrogens with one attached hydrogen (secondary N) is 2. The zero-order valence-electron chi connectivity index (χ0n) is 17.3. The van der Waals surface area contributed by atoms with E-state index >= 15 is 0 Å². The highest BCUT2D eigenvalue weighted by Crippen LogP contribution is 2.42. The Labute approximate surface area is 179 Å². The van der Waals surface area contributed by atoms with E-state index in [-0.39, 0.29) is 18.6 Å². The Morgan fingerprint density at radius 1 is 1.26 bits per heavy atom. The number of aryl methyl sites for hydroxylation is 1. The van der Waals surface area contributed by atoms with Gasteiger partial charge in [-0.05, 0) is 31.4 Å². The largest absolute Gasteiger partial charge is 0.427 e. The first-order chi connectivity index (χ1) is 15.0. The summed E-state index contributed by atoms with van der Waals surface area (Å²) < 4.78 is 6.29. The van der Waals surface area contributed by atoms with Gasteiger partial charge in [-0.3, -0.25) is 4.79 Å². The molecule has 2 fully saturated rings. The van der Waals surface area contributed by atoms with Crippen LogP contribution < -0.4 is 16.1 Å². The number of aliphatic hydroxyl groups excluding tert-OH is 1. The minimum Gasteiger partial charge on any atom is -0.427 e. The minimum absolute atomic E-state index is 0.144. The summed E-state index contributed by atoms with van der Waals surface area (Å²) in [6.45, 7) is 2.53. The zero-order valence-corrected chi connectivity index (χ0v) is 17.3. The minimum atomic E-state index is -0.606. The maximum absolute atomic E-state index is 12.7. The van der Waals surface area contributed by atoms with Crippen molar-refractivity contribution in [3.05, 3.63) is 40.8 Å². The van der Waals surface area contributed by atoms with Crippen LogP contribution in [0.5, 0.6) is 0 Å². The molecule has 5 rings (SSSR count). The predicted molar refractivity (Wildman–Crippen MR) is 110 cm³/mol. The monoisotopic (exact) mass is 426 g/mol. The summed E-state index contributed by atoms with van der Waals surface area (Å²) >= 11 is 0. The Balaban J connectivity index is 1.54. The SMILES string of the molecule is Cc1cc(=Nc2cc(N[C@@H]3COC[C@H]3O)ncn2)n(O)c2c1C(=O)NC21CCCCC1. The number of ether oxygens (including phenoxy) is 1. The van der Waals surface area contributed by atoms with Crippen LogP contribution in [0.3, 0.4) is 0 Å². The summed E-state index contributed by atoms with van der Waals surface area (Å²) in [6.07, 6.45) is 5.48.